The number of pyridine rings is 1. The van der Waals surface area contributed by atoms with Gasteiger partial charge in [-0.2, -0.15) is 4.98 Å². The summed E-state index contributed by atoms with van der Waals surface area (Å²) in [6, 6.07) is 1.55. The number of carbonyl (C=O) groups excluding carboxylic acids is 1. The molecular formula is C13H12N4O4. The van der Waals surface area contributed by atoms with E-state index in [2.05, 4.69) is 25.0 Å². The highest BCUT2D eigenvalue weighted by Gasteiger charge is 2.07. The molecule has 0 saturated heterocycles. The van der Waals surface area contributed by atoms with E-state index in [1.165, 1.54) is 24.9 Å². The molecule has 0 aliphatic rings. The molecule has 0 aliphatic carbocycles. The lowest BCUT2D eigenvalue weighted by Crippen LogP contribution is -2.26. The predicted octanol–water partition coefficient (Wildman–Crippen LogP) is 0.535. The summed E-state index contributed by atoms with van der Waals surface area (Å²) in [5.41, 5.74) is 0.874. The first-order valence-electron chi connectivity index (χ1n) is 6.04. The molecule has 1 amide bonds. The van der Waals surface area contributed by atoms with Crippen molar-refractivity contribution in [2.75, 3.05) is 6.54 Å². The average molecular weight is 288 g/mol. The topological polar surface area (TPSA) is 118 Å². The summed E-state index contributed by atoms with van der Waals surface area (Å²) >= 11 is 0. The summed E-state index contributed by atoms with van der Waals surface area (Å²) in [7, 11) is 0. The molecule has 21 heavy (non-hydrogen) atoms. The molecule has 0 spiro atoms. The molecule has 2 rings (SSSR count). The largest absolute Gasteiger partial charge is 0.478 e. The molecule has 0 atom stereocenters. The van der Waals surface area contributed by atoms with Gasteiger partial charge in [0.1, 0.15) is 0 Å². The van der Waals surface area contributed by atoms with Gasteiger partial charge in [-0.15, -0.1) is 0 Å². The second-order valence-corrected chi connectivity index (χ2v) is 4.03. The number of nitrogens with zero attached hydrogens (tertiary/aromatic N) is 3. The SMILES string of the molecule is O=C(O)/C=C/c1cncc(C(=O)NCCc2ncon2)c1. The van der Waals surface area contributed by atoms with E-state index in [0.29, 0.717) is 29.9 Å². The van der Waals surface area contributed by atoms with Crippen LogP contribution in [-0.2, 0) is 11.2 Å². The molecule has 0 radical (unpaired) electrons. The Morgan fingerprint density at radius 1 is 1.38 bits per heavy atom. The van der Waals surface area contributed by atoms with Gasteiger partial charge in [-0.3, -0.25) is 9.78 Å². The van der Waals surface area contributed by atoms with Crippen LogP contribution in [0.5, 0.6) is 0 Å². The van der Waals surface area contributed by atoms with Crippen molar-refractivity contribution in [2.45, 2.75) is 6.42 Å². The number of rotatable bonds is 6. The van der Waals surface area contributed by atoms with Gasteiger partial charge in [-0.1, -0.05) is 5.16 Å². The zero-order chi connectivity index (χ0) is 15.1. The molecular weight excluding hydrogens is 276 g/mol. The Balaban J connectivity index is 1.92. The lowest BCUT2D eigenvalue weighted by Gasteiger charge is -2.04. The van der Waals surface area contributed by atoms with Gasteiger partial charge in [0.25, 0.3) is 5.91 Å². The van der Waals surface area contributed by atoms with Crippen molar-refractivity contribution >= 4 is 18.0 Å². The van der Waals surface area contributed by atoms with Gasteiger partial charge in [0.05, 0.1) is 5.56 Å². The molecule has 108 valence electrons. The van der Waals surface area contributed by atoms with E-state index in [0.717, 1.165) is 6.08 Å². The van der Waals surface area contributed by atoms with Crippen LogP contribution >= 0.6 is 0 Å². The van der Waals surface area contributed by atoms with E-state index in [-0.39, 0.29) is 5.91 Å². The summed E-state index contributed by atoms with van der Waals surface area (Å²) in [5.74, 6) is -0.867. The quantitative estimate of drug-likeness (QED) is 0.744. The van der Waals surface area contributed by atoms with Crippen molar-refractivity contribution in [3.63, 3.8) is 0 Å². The Morgan fingerprint density at radius 3 is 2.95 bits per heavy atom. The van der Waals surface area contributed by atoms with Gasteiger partial charge >= 0.3 is 5.97 Å². The van der Waals surface area contributed by atoms with E-state index in [4.69, 9.17) is 5.11 Å². The van der Waals surface area contributed by atoms with E-state index in [1.807, 2.05) is 0 Å². The van der Waals surface area contributed by atoms with Crippen LogP contribution in [0.15, 0.2) is 35.5 Å². The van der Waals surface area contributed by atoms with Gasteiger partial charge < -0.3 is 14.9 Å². The fourth-order valence-electron chi connectivity index (χ4n) is 1.53. The van der Waals surface area contributed by atoms with Gasteiger partial charge in [0.15, 0.2) is 5.82 Å². The molecule has 0 aliphatic heterocycles. The van der Waals surface area contributed by atoms with Crippen molar-refractivity contribution < 1.29 is 19.2 Å². The molecule has 8 heteroatoms. The zero-order valence-corrected chi connectivity index (χ0v) is 10.9. The molecule has 0 aromatic carbocycles. The third-order valence-electron chi connectivity index (χ3n) is 2.48. The van der Waals surface area contributed by atoms with E-state index < -0.39 is 5.97 Å². The van der Waals surface area contributed by atoms with Crippen LogP contribution in [-0.4, -0.2) is 38.7 Å². The third kappa shape index (κ3) is 4.53. The lowest BCUT2D eigenvalue weighted by molar-refractivity contribution is -0.131. The normalized spacial score (nSPS) is 10.7. The molecule has 2 N–H and O–H groups in total. The molecule has 2 heterocycles. The Bertz CT molecular complexity index is 652. The molecule has 8 nitrogen and oxygen atoms in total. The van der Waals surface area contributed by atoms with Crippen LogP contribution in [0.3, 0.4) is 0 Å². The first kappa shape index (κ1) is 14.4. The molecule has 0 fully saturated rings. The average Bonchev–Trinajstić information content (AvgIpc) is 2.98. The van der Waals surface area contributed by atoms with Crippen LogP contribution in [0.2, 0.25) is 0 Å². The fourth-order valence-corrected chi connectivity index (χ4v) is 1.53. The number of hydrogen-bond acceptors (Lipinski definition) is 6. The fraction of sp³-hybridized carbons (Fsp3) is 0.154. The van der Waals surface area contributed by atoms with Crippen molar-refractivity contribution in [1.29, 1.82) is 0 Å². The summed E-state index contributed by atoms with van der Waals surface area (Å²) in [4.78, 5) is 30.1. The Kier molecular flexibility index (Phi) is 4.75. The molecule has 0 bridgehead atoms. The van der Waals surface area contributed by atoms with Gasteiger partial charge in [0, 0.05) is 31.4 Å². The highest BCUT2D eigenvalue weighted by molar-refractivity contribution is 5.94. The minimum Gasteiger partial charge on any atom is -0.478 e. The molecule has 0 unspecified atom stereocenters. The lowest BCUT2D eigenvalue weighted by atomic mass is 10.2. The minimum absolute atomic E-state index is 0.309. The van der Waals surface area contributed by atoms with Crippen LogP contribution in [0, 0.1) is 0 Å². The van der Waals surface area contributed by atoms with Crippen molar-refractivity contribution in [1.82, 2.24) is 20.4 Å². The standard InChI is InChI=1S/C13H12N4O4/c18-12(19)2-1-9-5-10(7-14-6-9)13(20)15-4-3-11-16-8-21-17-11/h1-2,5-8H,3-4H2,(H,15,20)(H,18,19)/b2-1+. The number of hydrogen-bond donors (Lipinski definition) is 2. The smallest absolute Gasteiger partial charge is 0.328 e. The maximum atomic E-state index is 11.9. The van der Waals surface area contributed by atoms with Crippen LogP contribution in [0.25, 0.3) is 6.08 Å². The number of carboxylic acids is 1. The maximum absolute atomic E-state index is 11.9. The minimum atomic E-state index is -1.06. The number of amides is 1. The number of carbonyl (C=O) groups is 2. The Morgan fingerprint density at radius 2 is 2.24 bits per heavy atom. The Labute approximate surface area is 119 Å². The summed E-state index contributed by atoms with van der Waals surface area (Å²) in [6.45, 7) is 0.355. The van der Waals surface area contributed by atoms with Crippen LogP contribution < -0.4 is 5.32 Å². The van der Waals surface area contributed by atoms with Crippen molar-refractivity contribution in [3.8, 4) is 0 Å². The summed E-state index contributed by atoms with van der Waals surface area (Å²) in [6.07, 6.45) is 6.89. The molecule has 0 saturated carbocycles. The predicted molar refractivity (Wildman–Crippen MR) is 71.2 cm³/mol. The van der Waals surface area contributed by atoms with Crippen molar-refractivity contribution in [2.24, 2.45) is 0 Å². The number of carboxylic acid groups (broad SMARTS) is 1. The van der Waals surface area contributed by atoms with Gasteiger partial charge in [-0.05, 0) is 17.7 Å². The van der Waals surface area contributed by atoms with Gasteiger partial charge in [0.2, 0.25) is 6.39 Å². The molecule has 2 aromatic rings. The monoisotopic (exact) mass is 288 g/mol. The number of aliphatic carboxylic acids is 1. The maximum Gasteiger partial charge on any atom is 0.328 e. The van der Waals surface area contributed by atoms with E-state index in [1.54, 1.807) is 6.07 Å². The first-order chi connectivity index (χ1) is 10.1. The van der Waals surface area contributed by atoms with Crippen LogP contribution in [0.4, 0.5) is 0 Å². The summed E-state index contributed by atoms with van der Waals surface area (Å²) < 4.78 is 4.58. The number of nitrogens with one attached hydrogen (secondary N) is 1. The second kappa shape index (κ2) is 6.94. The van der Waals surface area contributed by atoms with Gasteiger partial charge in [-0.25, -0.2) is 4.79 Å². The van der Waals surface area contributed by atoms with E-state index >= 15 is 0 Å². The summed E-state index contributed by atoms with van der Waals surface area (Å²) in [5, 5.41) is 14.9. The Hall–Kier alpha value is -3.03. The van der Waals surface area contributed by atoms with E-state index in [9.17, 15) is 9.59 Å². The third-order valence-corrected chi connectivity index (χ3v) is 2.48. The van der Waals surface area contributed by atoms with Crippen molar-refractivity contribution in [3.05, 3.63) is 47.9 Å². The second-order valence-electron chi connectivity index (χ2n) is 4.03. The molecule has 2 aromatic heterocycles. The zero-order valence-electron chi connectivity index (χ0n) is 10.9. The first-order valence-corrected chi connectivity index (χ1v) is 6.04. The highest BCUT2D eigenvalue weighted by atomic mass is 16.5. The number of aromatic nitrogens is 3. The van der Waals surface area contributed by atoms with Crippen LogP contribution in [0.1, 0.15) is 21.7 Å². The highest BCUT2D eigenvalue weighted by Crippen LogP contribution is 2.05.